The number of carboxylic acid groups (broad SMARTS) is 1. The van der Waals surface area contributed by atoms with E-state index in [1.165, 1.54) is 7.11 Å². The quantitative estimate of drug-likeness (QED) is 0.741. The van der Waals surface area contributed by atoms with E-state index in [1.54, 1.807) is 12.1 Å². The molecule has 1 rings (SSSR count). The van der Waals surface area contributed by atoms with Gasteiger partial charge in [0.2, 0.25) is 0 Å². The van der Waals surface area contributed by atoms with Gasteiger partial charge in [0.05, 0.1) is 13.2 Å². The van der Waals surface area contributed by atoms with E-state index < -0.39 is 12.0 Å². The van der Waals surface area contributed by atoms with Crippen molar-refractivity contribution in [1.82, 2.24) is 0 Å². The highest BCUT2D eigenvalue weighted by atomic mass is 16.5. The maximum absolute atomic E-state index is 10.9. The van der Waals surface area contributed by atoms with Gasteiger partial charge in [0.25, 0.3) is 0 Å². The number of aliphatic carboxylic acids is 1. The Balaban J connectivity index is 2.58. The molecule has 5 heteroatoms. The Labute approximate surface area is 107 Å². The van der Waals surface area contributed by atoms with Crippen molar-refractivity contribution in [3.05, 3.63) is 24.3 Å². The number of anilines is 1. The average molecular weight is 253 g/mol. The summed E-state index contributed by atoms with van der Waals surface area (Å²) in [4.78, 5) is 10.9. The van der Waals surface area contributed by atoms with E-state index in [0.29, 0.717) is 6.61 Å². The maximum atomic E-state index is 10.9. The Hall–Kier alpha value is -1.75. The second-order valence-electron chi connectivity index (χ2n) is 3.86. The summed E-state index contributed by atoms with van der Waals surface area (Å²) in [5, 5.41) is 11.9. The number of ether oxygens (including phenoxy) is 2. The van der Waals surface area contributed by atoms with Crippen molar-refractivity contribution in [3.63, 3.8) is 0 Å². The van der Waals surface area contributed by atoms with Crippen LogP contribution < -0.4 is 10.1 Å². The summed E-state index contributed by atoms with van der Waals surface area (Å²) in [6, 6.07) is 6.44. The highest BCUT2D eigenvalue weighted by molar-refractivity contribution is 5.77. The Bertz CT molecular complexity index is 364. The van der Waals surface area contributed by atoms with Crippen molar-refractivity contribution in [1.29, 1.82) is 0 Å². The van der Waals surface area contributed by atoms with Crippen LogP contribution in [0.4, 0.5) is 5.69 Å². The van der Waals surface area contributed by atoms with Crippen LogP contribution in [-0.2, 0) is 9.53 Å². The molecule has 1 atom stereocenters. The van der Waals surface area contributed by atoms with Gasteiger partial charge in [0.1, 0.15) is 11.8 Å². The SMILES string of the molecule is CCCOc1ccc(NC(COC)C(=O)O)cc1. The number of rotatable bonds is 8. The van der Waals surface area contributed by atoms with Crippen molar-refractivity contribution in [2.24, 2.45) is 0 Å². The van der Waals surface area contributed by atoms with Crippen molar-refractivity contribution >= 4 is 11.7 Å². The van der Waals surface area contributed by atoms with Crippen LogP contribution in [-0.4, -0.2) is 37.4 Å². The standard InChI is InChI=1S/C13H19NO4/c1-3-8-18-11-6-4-10(5-7-11)14-12(9-17-2)13(15)16/h4-7,12,14H,3,8-9H2,1-2H3,(H,15,16). The zero-order valence-corrected chi connectivity index (χ0v) is 10.7. The van der Waals surface area contributed by atoms with Gasteiger partial charge in [0, 0.05) is 12.8 Å². The zero-order chi connectivity index (χ0) is 13.4. The maximum Gasteiger partial charge on any atom is 0.328 e. The third kappa shape index (κ3) is 4.63. The van der Waals surface area contributed by atoms with Crippen molar-refractivity contribution < 1.29 is 19.4 Å². The van der Waals surface area contributed by atoms with Crippen LogP contribution in [0.2, 0.25) is 0 Å². The number of hydrogen-bond donors (Lipinski definition) is 2. The summed E-state index contributed by atoms with van der Waals surface area (Å²) < 4.78 is 10.3. The van der Waals surface area contributed by atoms with Crippen molar-refractivity contribution in [2.45, 2.75) is 19.4 Å². The molecule has 0 heterocycles. The lowest BCUT2D eigenvalue weighted by molar-refractivity contribution is -0.139. The number of carbonyl (C=O) groups is 1. The first-order chi connectivity index (χ1) is 8.67. The highest BCUT2D eigenvalue weighted by Gasteiger charge is 2.16. The first kappa shape index (κ1) is 14.3. The summed E-state index contributed by atoms with van der Waals surface area (Å²) in [5.41, 5.74) is 0.725. The van der Waals surface area contributed by atoms with Gasteiger partial charge in [0.15, 0.2) is 0 Å². The fraction of sp³-hybridized carbons (Fsp3) is 0.462. The topological polar surface area (TPSA) is 67.8 Å². The zero-order valence-electron chi connectivity index (χ0n) is 10.7. The van der Waals surface area contributed by atoms with Gasteiger partial charge in [-0.3, -0.25) is 0 Å². The molecule has 0 aromatic heterocycles. The number of hydrogen-bond acceptors (Lipinski definition) is 4. The molecule has 0 radical (unpaired) electrons. The van der Waals surface area contributed by atoms with Gasteiger partial charge in [-0.05, 0) is 30.7 Å². The Kier molecular flexibility index (Phi) is 6.00. The summed E-state index contributed by atoms with van der Waals surface area (Å²) >= 11 is 0. The molecule has 0 fully saturated rings. The summed E-state index contributed by atoms with van der Waals surface area (Å²) in [6.45, 7) is 2.83. The molecule has 0 spiro atoms. The summed E-state index contributed by atoms with van der Waals surface area (Å²) in [5.74, 6) is -0.163. The third-order valence-corrected chi connectivity index (χ3v) is 2.30. The molecule has 0 aliphatic heterocycles. The van der Waals surface area contributed by atoms with E-state index in [4.69, 9.17) is 14.6 Å². The van der Waals surface area contributed by atoms with Crippen LogP contribution in [0.3, 0.4) is 0 Å². The largest absolute Gasteiger partial charge is 0.494 e. The molecule has 100 valence electrons. The Morgan fingerprint density at radius 2 is 2.06 bits per heavy atom. The number of nitrogens with one attached hydrogen (secondary N) is 1. The van der Waals surface area contributed by atoms with E-state index in [0.717, 1.165) is 17.9 Å². The molecule has 18 heavy (non-hydrogen) atoms. The van der Waals surface area contributed by atoms with Crippen LogP contribution >= 0.6 is 0 Å². The van der Waals surface area contributed by atoms with E-state index in [-0.39, 0.29) is 6.61 Å². The van der Waals surface area contributed by atoms with E-state index in [2.05, 4.69) is 5.32 Å². The van der Waals surface area contributed by atoms with Crippen LogP contribution in [0.25, 0.3) is 0 Å². The second kappa shape index (κ2) is 7.55. The summed E-state index contributed by atoms with van der Waals surface area (Å²) in [6.07, 6.45) is 0.953. The number of methoxy groups -OCH3 is 1. The average Bonchev–Trinajstić information content (AvgIpc) is 2.37. The molecule has 1 aromatic carbocycles. The fourth-order valence-corrected chi connectivity index (χ4v) is 1.41. The molecule has 1 unspecified atom stereocenters. The normalized spacial score (nSPS) is 11.9. The van der Waals surface area contributed by atoms with Crippen LogP contribution in [0.5, 0.6) is 5.75 Å². The molecular formula is C13H19NO4. The van der Waals surface area contributed by atoms with Gasteiger partial charge >= 0.3 is 5.97 Å². The smallest absolute Gasteiger partial charge is 0.328 e. The minimum atomic E-state index is -0.942. The van der Waals surface area contributed by atoms with E-state index in [9.17, 15) is 4.79 Å². The van der Waals surface area contributed by atoms with E-state index >= 15 is 0 Å². The molecule has 1 aromatic rings. The van der Waals surface area contributed by atoms with Crippen LogP contribution in [0.1, 0.15) is 13.3 Å². The molecule has 0 amide bonds. The molecule has 0 aliphatic rings. The predicted octanol–water partition coefficient (Wildman–Crippen LogP) is 1.99. The lowest BCUT2D eigenvalue weighted by Crippen LogP contribution is -2.33. The third-order valence-electron chi connectivity index (χ3n) is 2.30. The fourth-order valence-electron chi connectivity index (χ4n) is 1.41. The first-order valence-electron chi connectivity index (χ1n) is 5.88. The molecule has 0 saturated heterocycles. The minimum absolute atomic E-state index is 0.115. The molecule has 2 N–H and O–H groups in total. The molecule has 0 saturated carbocycles. The van der Waals surface area contributed by atoms with Crippen molar-refractivity contribution in [2.75, 3.05) is 25.6 Å². The first-order valence-corrected chi connectivity index (χ1v) is 5.88. The van der Waals surface area contributed by atoms with Gasteiger partial charge in [-0.1, -0.05) is 6.92 Å². The minimum Gasteiger partial charge on any atom is -0.494 e. The number of benzene rings is 1. The lowest BCUT2D eigenvalue weighted by atomic mass is 10.2. The molecular weight excluding hydrogens is 234 g/mol. The molecule has 0 aliphatic carbocycles. The van der Waals surface area contributed by atoms with E-state index in [1.807, 2.05) is 19.1 Å². The molecule has 0 bridgehead atoms. The van der Waals surface area contributed by atoms with Gasteiger partial charge < -0.3 is 19.9 Å². The van der Waals surface area contributed by atoms with Crippen LogP contribution in [0.15, 0.2) is 24.3 Å². The lowest BCUT2D eigenvalue weighted by Gasteiger charge is -2.15. The monoisotopic (exact) mass is 253 g/mol. The second-order valence-corrected chi connectivity index (χ2v) is 3.86. The number of carboxylic acids is 1. The van der Waals surface area contributed by atoms with Gasteiger partial charge in [-0.2, -0.15) is 0 Å². The Morgan fingerprint density at radius 1 is 1.39 bits per heavy atom. The van der Waals surface area contributed by atoms with Crippen LogP contribution in [0, 0.1) is 0 Å². The van der Waals surface area contributed by atoms with Gasteiger partial charge in [-0.15, -0.1) is 0 Å². The predicted molar refractivity (Wildman–Crippen MR) is 69.2 cm³/mol. The van der Waals surface area contributed by atoms with Crippen molar-refractivity contribution in [3.8, 4) is 5.75 Å². The molecule has 5 nitrogen and oxygen atoms in total. The summed E-state index contributed by atoms with van der Waals surface area (Å²) in [7, 11) is 1.47. The van der Waals surface area contributed by atoms with Gasteiger partial charge in [-0.25, -0.2) is 4.79 Å². The Morgan fingerprint density at radius 3 is 2.56 bits per heavy atom. The highest BCUT2D eigenvalue weighted by Crippen LogP contribution is 2.16.